The number of rotatable bonds is 8. The molecule has 0 unspecified atom stereocenters. The van der Waals surface area contributed by atoms with E-state index in [0.717, 1.165) is 24.1 Å². The number of nitrogens with zero attached hydrogens (tertiary/aromatic N) is 1. The average Bonchev–Trinajstić information content (AvgIpc) is 2.55. The van der Waals surface area contributed by atoms with E-state index in [4.69, 9.17) is 0 Å². The Morgan fingerprint density at radius 1 is 0.917 bits per heavy atom. The summed E-state index contributed by atoms with van der Waals surface area (Å²) in [7, 11) is 0. The van der Waals surface area contributed by atoms with Gasteiger partial charge in [-0.05, 0) is 48.7 Å². The first-order valence-corrected chi connectivity index (χ1v) is 8.29. The Labute approximate surface area is 140 Å². The maximum Gasteiger partial charge on any atom is 0.573 e. The number of pyridine rings is 1. The Morgan fingerprint density at radius 2 is 1.62 bits per heavy atom. The van der Waals surface area contributed by atoms with Crippen LogP contribution in [0.3, 0.4) is 0 Å². The first-order valence-electron chi connectivity index (χ1n) is 8.29. The third-order valence-corrected chi connectivity index (χ3v) is 3.78. The highest BCUT2D eigenvalue weighted by molar-refractivity contribution is 5.60. The summed E-state index contributed by atoms with van der Waals surface area (Å²) >= 11 is 0. The van der Waals surface area contributed by atoms with Crippen LogP contribution in [0.1, 0.15) is 44.6 Å². The summed E-state index contributed by atoms with van der Waals surface area (Å²) in [5, 5.41) is 0. The van der Waals surface area contributed by atoms with Gasteiger partial charge in [-0.15, -0.1) is 13.2 Å². The van der Waals surface area contributed by atoms with Crippen LogP contribution in [0, 0.1) is 0 Å². The van der Waals surface area contributed by atoms with Crippen molar-refractivity contribution in [2.75, 3.05) is 0 Å². The van der Waals surface area contributed by atoms with Gasteiger partial charge in [-0.2, -0.15) is 0 Å². The minimum Gasteiger partial charge on any atom is -0.406 e. The monoisotopic (exact) mass is 337 g/mol. The second kappa shape index (κ2) is 8.71. The lowest BCUT2D eigenvalue weighted by Crippen LogP contribution is -2.16. The lowest BCUT2D eigenvalue weighted by molar-refractivity contribution is -0.274. The number of hydrogen-bond acceptors (Lipinski definition) is 2. The summed E-state index contributed by atoms with van der Waals surface area (Å²) in [6, 6.07) is 9.68. The molecule has 130 valence electrons. The molecule has 2 aromatic rings. The van der Waals surface area contributed by atoms with Crippen molar-refractivity contribution in [3.05, 3.63) is 48.2 Å². The number of hydrogen-bond donors (Lipinski definition) is 0. The number of ether oxygens (including phenoxy) is 1. The zero-order valence-electron chi connectivity index (χ0n) is 13.8. The largest absolute Gasteiger partial charge is 0.573 e. The maximum absolute atomic E-state index is 12.1. The maximum atomic E-state index is 12.1. The third kappa shape index (κ3) is 6.22. The van der Waals surface area contributed by atoms with E-state index in [-0.39, 0.29) is 5.75 Å². The van der Waals surface area contributed by atoms with Gasteiger partial charge in [0.05, 0.1) is 5.69 Å². The third-order valence-electron chi connectivity index (χ3n) is 3.78. The number of unbranched alkanes of at least 4 members (excludes halogenated alkanes) is 4. The van der Waals surface area contributed by atoms with Crippen LogP contribution >= 0.6 is 0 Å². The Balaban J connectivity index is 1.90. The summed E-state index contributed by atoms with van der Waals surface area (Å²) in [4.78, 5) is 4.41. The van der Waals surface area contributed by atoms with Crippen LogP contribution in [0.25, 0.3) is 11.3 Å². The minimum atomic E-state index is -4.67. The van der Waals surface area contributed by atoms with Crippen molar-refractivity contribution in [3.8, 4) is 17.0 Å². The van der Waals surface area contributed by atoms with Crippen molar-refractivity contribution in [1.29, 1.82) is 0 Å². The van der Waals surface area contributed by atoms with Crippen LogP contribution in [0.4, 0.5) is 13.2 Å². The molecule has 0 aliphatic rings. The van der Waals surface area contributed by atoms with E-state index >= 15 is 0 Å². The molecule has 0 saturated heterocycles. The van der Waals surface area contributed by atoms with E-state index in [1.165, 1.54) is 43.4 Å². The Hall–Kier alpha value is -2.04. The van der Waals surface area contributed by atoms with Gasteiger partial charge in [0.25, 0.3) is 0 Å². The number of benzene rings is 1. The Bertz CT molecular complexity index is 606. The van der Waals surface area contributed by atoms with Gasteiger partial charge in [0.1, 0.15) is 5.75 Å². The smallest absolute Gasteiger partial charge is 0.406 e. The molecule has 1 aromatic heterocycles. The van der Waals surface area contributed by atoms with E-state index < -0.39 is 6.36 Å². The molecule has 24 heavy (non-hydrogen) atoms. The highest BCUT2D eigenvalue weighted by Gasteiger charge is 2.30. The molecule has 0 radical (unpaired) electrons. The second-order valence-corrected chi connectivity index (χ2v) is 5.79. The van der Waals surface area contributed by atoms with Gasteiger partial charge in [-0.1, -0.05) is 38.7 Å². The molecule has 5 heteroatoms. The molecule has 0 saturated carbocycles. The Morgan fingerprint density at radius 3 is 2.21 bits per heavy atom. The summed E-state index contributed by atoms with van der Waals surface area (Å²) in [5.41, 5.74) is 2.69. The second-order valence-electron chi connectivity index (χ2n) is 5.79. The summed E-state index contributed by atoms with van der Waals surface area (Å²) < 4.78 is 40.3. The van der Waals surface area contributed by atoms with Crippen molar-refractivity contribution < 1.29 is 17.9 Å². The molecular formula is C19H22F3NO. The highest BCUT2D eigenvalue weighted by atomic mass is 19.4. The topological polar surface area (TPSA) is 22.1 Å². The zero-order chi connectivity index (χ0) is 17.4. The molecule has 1 heterocycles. The quantitative estimate of drug-likeness (QED) is 0.538. The normalized spacial score (nSPS) is 11.5. The summed E-state index contributed by atoms with van der Waals surface area (Å²) in [5.74, 6) is -0.227. The van der Waals surface area contributed by atoms with Gasteiger partial charge in [-0.25, -0.2) is 0 Å². The van der Waals surface area contributed by atoms with Gasteiger partial charge in [-0.3, -0.25) is 4.98 Å². The van der Waals surface area contributed by atoms with Crippen LogP contribution in [0.15, 0.2) is 42.6 Å². The fourth-order valence-electron chi connectivity index (χ4n) is 2.50. The van der Waals surface area contributed by atoms with Crippen molar-refractivity contribution in [3.63, 3.8) is 0 Å². The highest BCUT2D eigenvalue weighted by Crippen LogP contribution is 2.25. The van der Waals surface area contributed by atoms with Crippen LogP contribution in [0.2, 0.25) is 0 Å². The minimum absolute atomic E-state index is 0.227. The first-order chi connectivity index (χ1) is 11.5. The molecule has 1 aromatic carbocycles. The number of halogens is 3. The van der Waals surface area contributed by atoms with Gasteiger partial charge < -0.3 is 4.74 Å². The summed E-state index contributed by atoms with van der Waals surface area (Å²) in [6.45, 7) is 2.20. The standard InChI is InChI=1S/C19H22F3NO/c1-2-3-4-5-6-7-15-8-13-18(23-14-15)16-9-11-17(12-10-16)24-19(20,21)22/h8-14H,2-7H2,1H3. The van der Waals surface area contributed by atoms with Crippen molar-refractivity contribution in [1.82, 2.24) is 4.98 Å². The molecule has 0 aliphatic heterocycles. The Kier molecular flexibility index (Phi) is 6.64. The fourth-order valence-corrected chi connectivity index (χ4v) is 2.50. The molecule has 2 rings (SSSR count). The van der Waals surface area contributed by atoms with Crippen LogP contribution in [-0.2, 0) is 6.42 Å². The number of alkyl halides is 3. The van der Waals surface area contributed by atoms with Crippen LogP contribution in [-0.4, -0.2) is 11.3 Å². The average molecular weight is 337 g/mol. The van der Waals surface area contributed by atoms with Gasteiger partial charge in [0.2, 0.25) is 0 Å². The van der Waals surface area contributed by atoms with E-state index in [1.807, 2.05) is 18.3 Å². The van der Waals surface area contributed by atoms with Gasteiger partial charge >= 0.3 is 6.36 Å². The fraction of sp³-hybridized carbons (Fsp3) is 0.421. The van der Waals surface area contributed by atoms with Crippen molar-refractivity contribution >= 4 is 0 Å². The van der Waals surface area contributed by atoms with E-state index in [9.17, 15) is 13.2 Å². The lowest BCUT2D eigenvalue weighted by atomic mass is 10.1. The number of aryl methyl sites for hydroxylation is 1. The molecule has 0 atom stereocenters. The van der Waals surface area contributed by atoms with Crippen LogP contribution < -0.4 is 4.74 Å². The molecule has 2 nitrogen and oxygen atoms in total. The first kappa shape index (κ1) is 18.3. The molecule has 0 aliphatic carbocycles. The lowest BCUT2D eigenvalue weighted by Gasteiger charge is -2.09. The van der Waals surface area contributed by atoms with E-state index in [2.05, 4.69) is 16.6 Å². The van der Waals surface area contributed by atoms with Gasteiger partial charge in [0.15, 0.2) is 0 Å². The van der Waals surface area contributed by atoms with Crippen LogP contribution in [0.5, 0.6) is 5.75 Å². The summed E-state index contributed by atoms with van der Waals surface area (Å²) in [6.07, 6.45) is 4.37. The van der Waals surface area contributed by atoms with E-state index in [0.29, 0.717) is 0 Å². The molecule has 0 bridgehead atoms. The molecule has 0 spiro atoms. The van der Waals surface area contributed by atoms with Crippen molar-refractivity contribution in [2.24, 2.45) is 0 Å². The molecule has 0 N–H and O–H groups in total. The van der Waals surface area contributed by atoms with E-state index in [1.54, 1.807) is 12.1 Å². The molecule has 0 amide bonds. The predicted molar refractivity (Wildman–Crippen MR) is 88.8 cm³/mol. The van der Waals surface area contributed by atoms with Crippen molar-refractivity contribution in [2.45, 2.75) is 51.8 Å². The predicted octanol–water partition coefficient (Wildman–Crippen LogP) is 6.16. The number of aromatic nitrogens is 1. The SMILES string of the molecule is CCCCCCCc1ccc(-c2ccc(OC(F)(F)F)cc2)nc1. The van der Waals surface area contributed by atoms with Gasteiger partial charge in [0, 0.05) is 11.8 Å². The molecule has 0 fully saturated rings. The zero-order valence-corrected chi connectivity index (χ0v) is 13.8. The molecular weight excluding hydrogens is 315 g/mol.